The number of allylic oxidation sites excluding steroid dienone is 1. The monoisotopic (exact) mass is 544 g/mol. The fourth-order valence-corrected chi connectivity index (χ4v) is 9.83. The molecule has 4 aliphatic heterocycles. The number of aliphatic hydroxyl groups excluding tert-OH is 1. The van der Waals surface area contributed by atoms with Gasteiger partial charge in [-0.3, -0.25) is 14.4 Å². The molecular formula is C30H44N2O5S. The Balaban J connectivity index is 1.63. The Hall–Kier alpha value is -1.80. The van der Waals surface area contributed by atoms with Crippen molar-refractivity contribution in [2.45, 2.75) is 106 Å². The molecule has 38 heavy (non-hydrogen) atoms. The first-order chi connectivity index (χ1) is 18.2. The summed E-state index contributed by atoms with van der Waals surface area (Å²) < 4.78 is 4.21. The van der Waals surface area contributed by atoms with Gasteiger partial charge in [-0.15, -0.1) is 11.8 Å². The molecule has 1 aliphatic carbocycles. The first kappa shape index (κ1) is 27.8. The summed E-state index contributed by atoms with van der Waals surface area (Å²) in [5, 5.41) is 10.5. The van der Waals surface area contributed by atoms with Gasteiger partial charge in [-0.1, -0.05) is 57.4 Å². The van der Waals surface area contributed by atoms with E-state index in [2.05, 4.69) is 38.2 Å². The molecule has 4 heterocycles. The van der Waals surface area contributed by atoms with Crippen LogP contribution in [0.15, 0.2) is 24.3 Å². The first-order valence-corrected chi connectivity index (χ1v) is 15.5. The molecule has 210 valence electrons. The van der Waals surface area contributed by atoms with E-state index >= 15 is 0 Å². The number of fused-ring (bicyclic) bond motifs is 2. The van der Waals surface area contributed by atoms with Crippen LogP contribution in [0, 0.1) is 17.8 Å². The Bertz CT molecular complexity index is 991. The first-order valence-electron chi connectivity index (χ1n) is 14.7. The van der Waals surface area contributed by atoms with Gasteiger partial charge in [-0.05, 0) is 51.4 Å². The van der Waals surface area contributed by atoms with Crippen molar-refractivity contribution < 1.29 is 24.2 Å². The van der Waals surface area contributed by atoms with E-state index in [0.29, 0.717) is 19.6 Å². The number of ether oxygens (including phenoxy) is 1. The summed E-state index contributed by atoms with van der Waals surface area (Å²) in [6, 6.07) is -1.06. The molecule has 0 bridgehead atoms. The fraction of sp³-hybridized carbons (Fsp3) is 0.767. The second-order valence-electron chi connectivity index (χ2n) is 12.5. The van der Waals surface area contributed by atoms with E-state index in [1.165, 1.54) is 6.42 Å². The second-order valence-corrected chi connectivity index (χ2v) is 14.3. The summed E-state index contributed by atoms with van der Waals surface area (Å²) in [7, 11) is 0. The van der Waals surface area contributed by atoms with Crippen LogP contribution in [-0.2, 0) is 19.1 Å². The smallest absolute Gasteiger partial charge is 0.311 e. The summed E-state index contributed by atoms with van der Waals surface area (Å²) in [6.07, 6.45) is 17.0. The summed E-state index contributed by atoms with van der Waals surface area (Å²) in [6.45, 7) is 6.83. The minimum absolute atomic E-state index is 0.0304. The van der Waals surface area contributed by atoms with Gasteiger partial charge in [0.25, 0.3) is 0 Å². The summed E-state index contributed by atoms with van der Waals surface area (Å²) in [4.78, 5) is 46.5. The highest BCUT2D eigenvalue weighted by atomic mass is 32.2. The van der Waals surface area contributed by atoms with Crippen LogP contribution in [-0.4, -0.2) is 80.1 Å². The van der Waals surface area contributed by atoms with Gasteiger partial charge in [-0.2, -0.15) is 0 Å². The Labute approximate surface area is 231 Å². The van der Waals surface area contributed by atoms with Crippen LogP contribution in [0.2, 0.25) is 0 Å². The summed E-state index contributed by atoms with van der Waals surface area (Å²) in [5.74, 6) is -1.74. The molecule has 1 unspecified atom stereocenters. The maximum Gasteiger partial charge on any atom is 0.311 e. The Morgan fingerprint density at radius 1 is 1.03 bits per heavy atom. The topological polar surface area (TPSA) is 87.2 Å². The van der Waals surface area contributed by atoms with E-state index in [4.69, 9.17) is 4.74 Å². The van der Waals surface area contributed by atoms with Gasteiger partial charge in [-0.25, -0.2) is 0 Å². The van der Waals surface area contributed by atoms with Crippen LogP contribution >= 0.6 is 11.8 Å². The number of carbonyl (C=O) groups is 3. The van der Waals surface area contributed by atoms with Crippen molar-refractivity contribution in [2.75, 3.05) is 19.8 Å². The maximum absolute atomic E-state index is 14.6. The van der Waals surface area contributed by atoms with E-state index in [9.17, 15) is 19.5 Å². The molecule has 1 N–H and O–H groups in total. The molecule has 0 radical (unpaired) electrons. The zero-order chi connectivity index (χ0) is 27.1. The van der Waals surface area contributed by atoms with Gasteiger partial charge in [0.15, 0.2) is 0 Å². The van der Waals surface area contributed by atoms with Crippen molar-refractivity contribution in [3.8, 4) is 0 Å². The number of cyclic esters (lactones) is 1. The normalized spacial score (nSPS) is 37.9. The summed E-state index contributed by atoms with van der Waals surface area (Å²) >= 11 is 1.60. The van der Waals surface area contributed by atoms with Crippen molar-refractivity contribution in [1.29, 1.82) is 0 Å². The lowest BCUT2D eigenvalue weighted by molar-refractivity contribution is -0.155. The molecule has 5 aliphatic rings. The molecule has 6 atom stereocenters. The van der Waals surface area contributed by atoms with Gasteiger partial charge < -0.3 is 19.6 Å². The lowest BCUT2D eigenvalue weighted by Gasteiger charge is -2.42. The predicted octanol–water partition coefficient (Wildman–Crippen LogP) is 4.10. The second kappa shape index (κ2) is 11.0. The number of thioether (sulfide) groups is 1. The van der Waals surface area contributed by atoms with Crippen LogP contribution in [0.1, 0.15) is 78.6 Å². The number of likely N-dealkylation sites (tertiary alicyclic amines) is 1. The molecular weight excluding hydrogens is 500 g/mol. The fourth-order valence-electron chi connectivity index (χ4n) is 7.69. The van der Waals surface area contributed by atoms with E-state index in [0.717, 1.165) is 44.9 Å². The van der Waals surface area contributed by atoms with E-state index in [-0.39, 0.29) is 36.4 Å². The maximum atomic E-state index is 14.6. The average Bonchev–Trinajstić information content (AvgIpc) is 3.22. The molecule has 0 aromatic heterocycles. The zero-order valence-electron chi connectivity index (χ0n) is 23.1. The third-order valence-electron chi connectivity index (χ3n) is 9.33. The number of amides is 2. The van der Waals surface area contributed by atoms with Gasteiger partial charge >= 0.3 is 5.97 Å². The largest absolute Gasteiger partial charge is 0.465 e. The van der Waals surface area contributed by atoms with Gasteiger partial charge in [0.1, 0.15) is 6.04 Å². The predicted molar refractivity (Wildman–Crippen MR) is 148 cm³/mol. The van der Waals surface area contributed by atoms with Crippen LogP contribution < -0.4 is 0 Å². The van der Waals surface area contributed by atoms with Crippen LogP contribution in [0.3, 0.4) is 0 Å². The number of hydrogen-bond acceptors (Lipinski definition) is 6. The van der Waals surface area contributed by atoms with Crippen LogP contribution in [0.25, 0.3) is 0 Å². The Morgan fingerprint density at radius 3 is 2.50 bits per heavy atom. The minimum atomic E-state index is -0.890. The molecule has 8 heteroatoms. The molecule has 0 aromatic rings. The minimum Gasteiger partial charge on any atom is -0.465 e. The van der Waals surface area contributed by atoms with Crippen molar-refractivity contribution in [3.63, 3.8) is 0 Å². The number of carbonyl (C=O) groups excluding carboxylic acids is 3. The standard InChI is InChI=1S/C30H44N2O5S/c1-20(2)18-22(19-33)32-25-27(35)31(21-12-7-6-8-13-21)16-11-15-30(25)23(26(32)34)24-28(36)37-17-10-5-4-9-14-29(24,3)38-30/h9,11,14-15,20-25,33H,4-8,10,12-13,16-19H2,1-3H3/b14-9-/t22-,23+,24+,25?,29-,30+/m1/s1. The number of esters is 1. The molecule has 3 fully saturated rings. The quantitative estimate of drug-likeness (QED) is 0.414. The molecule has 1 spiro atoms. The number of aliphatic hydroxyl groups is 1. The van der Waals surface area contributed by atoms with Crippen molar-refractivity contribution in [3.05, 3.63) is 24.3 Å². The van der Waals surface area contributed by atoms with Crippen LogP contribution in [0.4, 0.5) is 0 Å². The van der Waals surface area contributed by atoms with Crippen molar-refractivity contribution in [2.24, 2.45) is 17.8 Å². The highest BCUT2D eigenvalue weighted by Gasteiger charge is 2.74. The molecule has 7 nitrogen and oxygen atoms in total. The van der Waals surface area contributed by atoms with Crippen molar-refractivity contribution in [1.82, 2.24) is 9.80 Å². The lowest BCUT2D eigenvalue weighted by atomic mass is 9.74. The van der Waals surface area contributed by atoms with Crippen LogP contribution in [0.5, 0.6) is 0 Å². The SMILES string of the molecule is CC(C)C[C@H](CO)N1C(=O)[C@@H]2[C@H]3C(=O)OCCCC/C=C\[C@@]3(C)S[C@@]23C=CCN(C2CCCCC2)C(=O)C13. The van der Waals surface area contributed by atoms with E-state index in [1.54, 1.807) is 16.7 Å². The number of rotatable bonds is 5. The Morgan fingerprint density at radius 2 is 1.79 bits per heavy atom. The third-order valence-corrected chi connectivity index (χ3v) is 11.1. The van der Waals surface area contributed by atoms with E-state index in [1.807, 2.05) is 11.8 Å². The molecule has 1 saturated carbocycles. The van der Waals surface area contributed by atoms with Gasteiger partial charge in [0, 0.05) is 17.3 Å². The Kier molecular flexibility index (Phi) is 8.03. The molecule has 5 rings (SSSR count). The number of hydrogen-bond donors (Lipinski definition) is 1. The lowest BCUT2D eigenvalue weighted by Crippen LogP contribution is -2.58. The van der Waals surface area contributed by atoms with Crippen molar-refractivity contribution >= 4 is 29.5 Å². The molecule has 0 aromatic carbocycles. The number of nitrogens with zero attached hydrogens (tertiary/aromatic N) is 2. The molecule has 2 amide bonds. The zero-order valence-corrected chi connectivity index (χ0v) is 24.0. The van der Waals surface area contributed by atoms with Gasteiger partial charge in [0.2, 0.25) is 11.8 Å². The van der Waals surface area contributed by atoms with E-state index < -0.39 is 33.4 Å². The average molecular weight is 545 g/mol. The summed E-state index contributed by atoms with van der Waals surface area (Å²) in [5.41, 5.74) is 0. The highest BCUT2D eigenvalue weighted by molar-refractivity contribution is 8.02. The third kappa shape index (κ3) is 4.63. The highest BCUT2D eigenvalue weighted by Crippen LogP contribution is 2.65. The molecule has 2 saturated heterocycles. The van der Waals surface area contributed by atoms with Gasteiger partial charge in [0.05, 0.1) is 35.8 Å².